The third kappa shape index (κ3) is 2.67. The molecule has 6 heteroatoms. The highest BCUT2D eigenvalue weighted by Crippen LogP contribution is 2.25. The third-order valence-electron chi connectivity index (χ3n) is 3.59. The van der Waals surface area contributed by atoms with Gasteiger partial charge in [-0.05, 0) is 26.0 Å². The molecule has 0 aromatic heterocycles. The average Bonchev–Trinajstić information content (AvgIpc) is 2.67. The van der Waals surface area contributed by atoms with Crippen molar-refractivity contribution >= 4 is 17.8 Å². The predicted octanol–water partition coefficient (Wildman–Crippen LogP) is 0.761. The molecule has 2 unspecified atom stereocenters. The number of ether oxygens (including phenoxy) is 1. The number of benzene rings is 1. The summed E-state index contributed by atoms with van der Waals surface area (Å²) in [6, 6.07) is 4.99. The number of carbonyl (C=O) groups excluding carboxylic acids is 3. The number of hydrogen-bond acceptors (Lipinski definition) is 5. The second kappa shape index (κ2) is 5.65. The number of esters is 1. The van der Waals surface area contributed by atoms with Crippen LogP contribution in [0.15, 0.2) is 18.2 Å². The van der Waals surface area contributed by atoms with E-state index in [1.807, 2.05) is 6.92 Å². The van der Waals surface area contributed by atoms with Gasteiger partial charge in [0.1, 0.15) is 5.92 Å². The van der Waals surface area contributed by atoms with E-state index in [2.05, 4.69) is 4.74 Å². The van der Waals surface area contributed by atoms with Gasteiger partial charge >= 0.3 is 5.97 Å². The van der Waals surface area contributed by atoms with Gasteiger partial charge in [-0.15, -0.1) is 0 Å². The first-order valence-electron chi connectivity index (χ1n) is 6.59. The maximum absolute atomic E-state index is 12.3. The first-order chi connectivity index (χ1) is 9.86. The van der Waals surface area contributed by atoms with Crippen molar-refractivity contribution in [1.82, 2.24) is 4.90 Å². The summed E-state index contributed by atoms with van der Waals surface area (Å²) in [5, 5.41) is 9.66. The molecule has 0 radical (unpaired) electrons. The Kier molecular flexibility index (Phi) is 4.09. The van der Waals surface area contributed by atoms with Crippen LogP contribution in [0.3, 0.4) is 0 Å². The van der Waals surface area contributed by atoms with Crippen molar-refractivity contribution in [2.75, 3.05) is 13.7 Å². The number of aryl methyl sites for hydroxylation is 1. The van der Waals surface area contributed by atoms with Gasteiger partial charge in [-0.1, -0.05) is 11.6 Å². The van der Waals surface area contributed by atoms with Gasteiger partial charge in [-0.25, -0.2) is 0 Å². The summed E-state index contributed by atoms with van der Waals surface area (Å²) in [6.07, 6.45) is -1.02. The number of hydrogen-bond donors (Lipinski definition) is 1. The average molecular weight is 291 g/mol. The molecule has 0 aliphatic carbocycles. The molecule has 112 valence electrons. The van der Waals surface area contributed by atoms with E-state index in [1.54, 1.807) is 18.2 Å². The zero-order chi connectivity index (χ0) is 15.7. The lowest BCUT2D eigenvalue weighted by atomic mass is 10.0. The SMILES string of the molecule is COC(=O)C(CN1C(=O)c2ccc(C)cc2C1=O)C(C)O. The zero-order valence-corrected chi connectivity index (χ0v) is 12.1. The Balaban J connectivity index is 2.29. The number of aliphatic hydroxyl groups excluding tert-OH is 1. The van der Waals surface area contributed by atoms with Gasteiger partial charge in [0.05, 0.1) is 24.3 Å². The van der Waals surface area contributed by atoms with E-state index in [0.717, 1.165) is 10.5 Å². The fourth-order valence-corrected chi connectivity index (χ4v) is 2.34. The van der Waals surface area contributed by atoms with E-state index < -0.39 is 29.8 Å². The van der Waals surface area contributed by atoms with Crippen LogP contribution in [0.25, 0.3) is 0 Å². The fourth-order valence-electron chi connectivity index (χ4n) is 2.34. The second-order valence-corrected chi connectivity index (χ2v) is 5.14. The molecule has 1 N–H and O–H groups in total. The molecule has 6 nitrogen and oxygen atoms in total. The van der Waals surface area contributed by atoms with Gasteiger partial charge in [0, 0.05) is 6.54 Å². The van der Waals surface area contributed by atoms with Crippen molar-refractivity contribution in [3.05, 3.63) is 34.9 Å². The molecule has 2 atom stereocenters. The van der Waals surface area contributed by atoms with Gasteiger partial charge in [0.25, 0.3) is 11.8 Å². The van der Waals surface area contributed by atoms with E-state index >= 15 is 0 Å². The predicted molar refractivity (Wildman–Crippen MR) is 73.7 cm³/mol. The highest BCUT2D eigenvalue weighted by atomic mass is 16.5. The highest BCUT2D eigenvalue weighted by Gasteiger charge is 2.39. The number of amides is 2. The Morgan fingerprint density at radius 3 is 2.48 bits per heavy atom. The Labute approximate surface area is 122 Å². The van der Waals surface area contributed by atoms with Gasteiger partial charge in [0.15, 0.2) is 0 Å². The lowest BCUT2D eigenvalue weighted by Gasteiger charge is -2.22. The molecule has 2 amide bonds. The van der Waals surface area contributed by atoms with Gasteiger partial charge in [0.2, 0.25) is 0 Å². The van der Waals surface area contributed by atoms with E-state index in [4.69, 9.17) is 0 Å². The number of methoxy groups -OCH3 is 1. The van der Waals surface area contributed by atoms with Crippen LogP contribution in [0.2, 0.25) is 0 Å². The van der Waals surface area contributed by atoms with E-state index in [1.165, 1.54) is 14.0 Å². The zero-order valence-electron chi connectivity index (χ0n) is 12.1. The van der Waals surface area contributed by atoms with Crippen LogP contribution in [0.1, 0.15) is 33.2 Å². The summed E-state index contributed by atoms with van der Waals surface area (Å²) in [5.41, 5.74) is 1.52. The minimum atomic E-state index is -1.02. The third-order valence-corrected chi connectivity index (χ3v) is 3.59. The van der Waals surface area contributed by atoms with Crippen molar-refractivity contribution < 1.29 is 24.2 Å². The molecule has 1 aromatic carbocycles. The Morgan fingerprint density at radius 1 is 1.29 bits per heavy atom. The van der Waals surface area contributed by atoms with Crippen LogP contribution >= 0.6 is 0 Å². The molecule has 1 aromatic rings. The molecule has 0 saturated heterocycles. The molecule has 21 heavy (non-hydrogen) atoms. The molecule has 1 heterocycles. The molecule has 0 spiro atoms. The Bertz CT molecular complexity index is 608. The Morgan fingerprint density at radius 2 is 1.90 bits per heavy atom. The minimum absolute atomic E-state index is 0.199. The lowest BCUT2D eigenvalue weighted by molar-refractivity contribution is -0.149. The van der Waals surface area contributed by atoms with Gasteiger partial charge in [-0.2, -0.15) is 0 Å². The smallest absolute Gasteiger partial charge is 0.313 e. The van der Waals surface area contributed by atoms with Crippen LogP contribution < -0.4 is 0 Å². The molecule has 1 aliphatic rings. The number of nitrogens with zero attached hydrogens (tertiary/aromatic N) is 1. The first kappa shape index (κ1) is 15.2. The molecule has 0 saturated carbocycles. The largest absolute Gasteiger partial charge is 0.469 e. The van der Waals surface area contributed by atoms with Crippen molar-refractivity contribution in [3.8, 4) is 0 Å². The summed E-state index contributed by atoms with van der Waals surface area (Å²) in [4.78, 5) is 37.2. The summed E-state index contributed by atoms with van der Waals surface area (Å²) in [7, 11) is 1.20. The lowest BCUT2D eigenvalue weighted by Crippen LogP contribution is -2.41. The number of carbonyl (C=O) groups is 3. The van der Waals surface area contributed by atoms with E-state index in [-0.39, 0.29) is 6.54 Å². The first-order valence-corrected chi connectivity index (χ1v) is 6.59. The number of aliphatic hydroxyl groups is 1. The van der Waals surface area contributed by atoms with Crippen molar-refractivity contribution in [2.45, 2.75) is 20.0 Å². The monoisotopic (exact) mass is 291 g/mol. The standard InChI is InChI=1S/C15H17NO5/c1-8-4-5-10-11(6-8)14(19)16(13(10)18)7-12(9(2)17)15(20)21-3/h4-6,9,12,17H,7H2,1-3H3. The maximum atomic E-state index is 12.3. The molecule has 1 aliphatic heterocycles. The van der Waals surface area contributed by atoms with Crippen LogP contribution in [-0.2, 0) is 9.53 Å². The quantitative estimate of drug-likeness (QED) is 0.654. The van der Waals surface area contributed by atoms with E-state index in [0.29, 0.717) is 11.1 Å². The van der Waals surface area contributed by atoms with Crippen LogP contribution in [0.4, 0.5) is 0 Å². The number of rotatable bonds is 4. The van der Waals surface area contributed by atoms with Crippen molar-refractivity contribution in [1.29, 1.82) is 0 Å². The topological polar surface area (TPSA) is 83.9 Å². The van der Waals surface area contributed by atoms with E-state index in [9.17, 15) is 19.5 Å². The molecular weight excluding hydrogens is 274 g/mol. The highest BCUT2D eigenvalue weighted by molar-refractivity contribution is 6.21. The summed E-state index contributed by atoms with van der Waals surface area (Å²) in [6.45, 7) is 3.05. The molecular formula is C15H17NO5. The fraction of sp³-hybridized carbons (Fsp3) is 0.400. The Hall–Kier alpha value is -2.21. The van der Waals surface area contributed by atoms with Crippen molar-refractivity contribution in [3.63, 3.8) is 0 Å². The minimum Gasteiger partial charge on any atom is -0.469 e. The summed E-state index contributed by atoms with van der Waals surface area (Å²) >= 11 is 0. The maximum Gasteiger partial charge on any atom is 0.313 e. The van der Waals surface area contributed by atoms with Gasteiger partial charge < -0.3 is 9.84 Å². The molecule has 2 rings (SSSR count). The normalized spacial score (nSPS) is 16.7. The van der Waals surface area contributed by atoms with Gasteiger partial charge in [-0.3, -0.25) is 19.3 Å². The number of imide groups is 1. The van der Waals surface area contributed by atoms with Crippen LogP contribution in [0, 0.1) is 12.8 Å². The van der Waals surface area contributed by atoms with Crippen molar-refractivity contribution in [2.24, 2.45) is 5.92 Å². The number of fused-ring (bicyclic) bond motifs is 1. The van der Waals surface area contributed by atoms with Crippen LogP contribution in [0.5, 0.6) is 0 Å². The summed E-state index contributed by atoms with van der Waals surface area (Å²) < 4.78 is 4.60. The summed E-state index contributed by atoms with van der Waals surface area (Å²) in [5.74, 6) is -2.52. The molecule has 0 fully saturated rings. The second-order valence-electron chi connectivity index (χ2n) is 5.14. The molecule has 0 bridgehead atoms. The van der Waals surface area contributed by atoms with Crippen LogP contribution in [-0.4, -0.2) is 47.5 Å².